The van der Waals surface area contributed by atoms with Crippen LogP contribution >= 0.6 is 11.8 Å². The third kappa shape index (κ3) is 3.79. The normalized spacial score (nSPS) is 10.1. The van der Waals surface area contributed by atoms with Crippen LogP contribution in [0.2, 0.25) is 0 Å². The van der Waals surface area contributed by atoms with Crippen LogP contribution in [0.25, 0.3) is 0 Å². The summed E-state index contributed by atoms with van der Waals surface area (Å²) in [6.07, 6.45) is 0. The van der Waals surface area contributed by atoms with E-state index in [0.717, 1.165) is 18.1 Å². The first-order valence-corrected chi connectivity index (χ1v) is 5.11. The molecule has 12 heavy (non-hydrogen) atoms. The van der Waals surface area contributed by atoms with Crippen molar-refractivity contribution in [1.29, 1.82) is 0 Å². The number of rotatable bonds is 5. The summed E-state index contributed by atoms with van der Waals surface area (Å²) in [5, 5.41) is 0. The van der Waals surface area contributed by atoms with Crippen LogP contribution in [0, 0.1) is 6.07 Å². The van der Waals surface area contributed by atoms with Gasteiger partial charge in [-0.3, -0.25) is 0 Å². The zero-order valence-corrected chi connectivity index (χ0v) is 8.06. The van der Waals surface area contributed by atoms with Crippen molar-refractivity contribution in [3.63, 3.8) is 0 Å². The number of hydrogen-bond acceptors (Lipinski definition) is 2. The van der Waals surface area contributed by atoms with Crippen LogP contribution in [0.15, 0.2) is 24.3 Å². The Bertz CT molecular complexity index is 198. The molecule has 1 aromatic carbocycles. The van der Waals surface area contributed by atoms with Crippen LogP contribution < -0.4 is 0 Å². The Morgan fingerprint density at radius 1 is 1.50 bits per heavy atom. The van der Waals surface area contributed by atoms with Gasteiger partial charge in [0.25, 0.3) is 0 Å². The van der Waals surface area contributed by atoms with Gasteiger partial charge < -0.3 is 4.74 Å². The highest BCUT2D eigenvalue weighted by Gasteiger charge is 1.91. The maximum absolute atomic E-state index is 4.95. The number of ether oxygens (including phenoxy) is 1. The molecule has 1 nitrogen and oxygen atoms in total. The van der Waals surface area contributed by atoms with E-state index in [2.05, 4.69) is 12.1 Å². The lowest BCUT2D eigenvalue weighted by atomic mass is 10.2. The quantitative estimate of drug-likeness (QED) is 0.645. The van der Waals surface area contributed by atoms with Gasteiger partial charge in [-0.05, 0) is 11.6 Å². The number of benzene rings is 1. The van der Waals surface area contributed by atoms with Crippen molar-refractivity contribution in [3.05, 3.63) is 35.9 Å². The predicted octanol–water partition coefficient (Wildman–Crippen LogP) is 2.37. The highest BCUT2D eigenvalue weighted by Crippen LogP contribution is 2.10. The van der Waals surface area contributed by atoms with Crippen molar-refractivity contribution in [2.24, 2.45) is 0 Å². The van der Waals surface area contributed by atoms with Crippen LogP contribution in [0.1, 0.15) is 5.56 Å². The Morgan fingerprint density at radius 2 is 2.42 bits per heavy atom. The highest BCUT2D eigenvalue weighted by atomic mass is 32.2. The van der Waals surface area contributed by atoms with E-state index >= 15 is 0 Å². The zero-order chi connectivity index (χ0) is 8.65. The van der Waals surface area contributed by atoms with Crippen molar-refractivity contribution < 1.29 is 4.74 Å². The second-order valence-corrected chi connectivity index (χ2v) is 3.54. The van der Waals surface area contributed by atoms with Crippen LogP contribution in [0.3, 0.4) is 0 Å². The smallest absolute Gasteiger partial charge is 0.0553 e. The van der Waals surface area contributed by atoms with E-state index in [0.29, 0.717) is 0 Å². The largest absolute Gasteiger partial charge is 0.384 e. The standard InChI is InChI=1S/C10H13OS/c1-11-7-8-12-9-10-5-3-2-4-6-10/h2-5H,7-9H2,1H3. The first-order chi connectivity index (χ1) is 5.93. The Balaban J connectivity index is 2.16. The fourth-order valence-corrected chi connectivity index (χ4v) is 1.67. The van der Waals surface area contributed by atoms with Crippen molar-refractivity contribution in [2.75, 3.05) is 19.5 Å². The Labute approximate surface area is 78.1 Å². The highest BCUT2D eigenvalue weighted by molar-refractivity contribution is 7.98. The van der Waals surface area contributed by atoms with Crippen molar-refractivity contribution in [1.82, 2.24) is 0 Å². The second kappa shape index (κ2) is 6.09. The fraction of sp³-hybridized carbons (Fsp3) is 0.400. The van der Waals surface area contributed by atoms with Gasteiger partial charge in [-0.15, -0.1) is 0 Å². The van der Waals surface area contributed by atoms with E-state index in [4.69, 9.17) is 4.74 Å². The Morgan fingerprint density at radius 3 is 3.08 bits per heavy atom. The van der Waals surface area contributed by atoms with E-state index in [1.807, 2.05) is 30.0 Å². The average Bonchev–Trinajstić information content (AvgIpc) is 2.14. The molecule has 0 saturated carbocycles. The molecule has 0 aliphatic rings. The molecule has 0 aliphatic carbocycles. The van der Waals surface area contributed by atoms with Gasteiger partial charge in [0.1, 0.15) is 0 Å². The maximum Gasteiger partial charge on any atom is 0.0553 e. The van der Waals surface area contributed by atoms with Crippen LogP contribution in [-0.2, 0) is 10.5 Å². The molecular weight excluding hydrogens is 168 g/mol. The third-order valence-corrected chi connectivity index (χ3v) is 2.43. The zero-order valence-electron chi connectivity index (χ0n) is 7.25. The average molecular weight is 181 g/mol. The molecule has 0 unspecified atom stereocenters. The van der Waals surface area contributed by atoms with Crippen molar-refractivity contribution in [2.45, 2.75) is 5.75 Å². The van der Waals surface area contributed by atoms with Gasteiger partial charge >= 0.3 is 0 Å². The summed E-state index contributed by atoms with van der Waals surface area (Å²) < 4.78 is 4.95. The van der Waals surface area contributed by atoms with Crippen LogP contribution in [0.5, 0.6) is 0 Å². The molecule has 0 bridgehead atoms. The summed E-state index contributed by atoms with van der Waals surface area (Å²) in [6.45, 7) is 0.831. The molecular formula is C10H13OS. The van der Waals surface area contributed by atoms with E-state index in [9.17, 15) is 0 Å². The lowest BCUT2D eigenvalue weighted by Gasteiger charge is -1.99. The summed E-state index contributed by atoms with van der Waals surface area (Å²) in [5.74, 6) is 2.09. The first-order valence-electron chi connectivity index (χ1n) is 3.96. The predicted molar refractivity (Wildman–Crippen MR) is 53.3 cm³/mol. The number of methoxy groups -OCH3 is 1. The molecule has 0 amide bonds. The van der Waals surface area contributed by atoms with Gasteiger partial charge in [0.2, 0.25) is 0 Å². The molecule has 1 rings (SSSR count). The summed E-state index contributed by atoms with van der Waals surface area (Å²) in [4.78, 5) is 0. The van der Waals surface area contributed by atoms with Gasteiger partial charge in [0.05, 0.1) is 6.61 Å². The van der Waals surface area contributed by atoms with Gasteiger partial charge in [0, 0.05) is 18.6 Å². The molecule has 1 radical (unpaired) electrons. The van der Waals surface area contributed by atoms with Crippen LogP contribution in [-0.4, -0.2) is 19.5 Å². The number of hydrogen-bond donors (Lipinski definition) is 0. The van der Waals surface area contributed by atoms with E-state index in [1.165, 1.54) is 5.56 Å². The van der Waals surface area contributed by atoms with Gasteiger partial charge in [-0.25, -0.2) is 0 Å². The van der Waals surface area contributed by atoms with Crippen LogP contribution in [0.4, 0.5) is 0 Å². The van der Waals surface area contributed by atoms with Crippen molar-refractivity contribution >= 4 is 11.8 Å². The molecule has 0 saturated heterocycles. The summed E-state index contributed by atoms with van der Waals surface area (Å²) in [5.41, 5.74) is 1.26. The summed E-state index contributed by atoms with van der Waals surface area (Å²) >= 11 is 1.87. The minimum atomic E-state index is 0.831. The fourth-order valence-electron chi connectivity index (χ4n) is 0.845. The lowest BCUT2D eigenvalue weighted by Crippen LogP contribution is -1.92. The molecule has 0 atom stereocenters. The molecule has 0 N–H and O–H groups in total. The van der Waals surface area contributed by atoms with E-state index in [-0.39, 0.29) is 0 Å². The molecule has 65 valence electrons. The topological polar surface area (TPSA) is 9.23 Å². The van der Waals surface area contributed by atoms with Gasteiger partial charge in [-0.1, -0.05) is 24.3 Å². The minimum Gasteiger partial charge on any atom is -0.384 e. The minimum absolute atomic E-state index is 0.831. The van der Waals surface area contributed by atoms with Gasteiger partial charge in [0.15, 0.2) is 0 Å². The summed E-state index contributed by atoms with van der Waals surface area (Å²) in [6, 6.07) is 11.3. The molecule has 0 heterocycles. The second-order valence-electron chi connectivity index (χ2n) is 2.43. The van der Waals surface area contributed by atoms with Gasteiger partial charge in [-0.2, -0.15) is 11.8 Å². The monoisotopic (exact) mass is 181 g/mol. The lowest BCUT2D eigenvalue weighted by molar-refractivity contribution is 0.218. The molecule has 0 fully saturated rings. The first kappa shape index (κ1) is 9.62. The van der Waals surface area contributed by atoms with Crippen molar-refractivity contribution in [3.8, 4) is 0 Å². The Kier molecular flexibility index (Phi) is 4.88. The third-order valence-electron chi connectivity index (χ3n) is 1.46. The number of thioether (sulfide) groups is 1. The molecule has 1 aromatic rings. The van der Waals surface area contributed by atoms with E-state index in [1.54, 1.807) is 7.11 Å². The molecule has 0 aromatic heterocycles. The van der Waals surface area contributed by atoms with E-state index < -0.39 is 0 Å². The SMILES string of the molecule is COCCSCc1[c]cccc1. The summed E-state index contributed by atoms with van der Waals surface area (Å²) in [7, 11) is 1.73. The maximum atomic E-state index is 4.95. The molecule has 0 aliphatic heterocycles. The Hall–Kier alpha value is -0.470. The molecule has 2 heteroatoms. The molecule has 0 spiro atoms.